The highest BCUT2D eigenvalue weighted by Crippen LogP contribution is 2.17. The summed E-state index contributed by atoms with van der Waals surface area (Å²) in [5.74, 6) is 0.957. The van der Waals surface area contributed by atoms with Crippen LogP contribution in [0.5, 0.6) is 5.75 Å². The van der Waals surface area contributed by atoms with E-state index in [1.165, 1.54) is 0 Å². The number of ether oxygens (including phenoxy) is 1. The molecular formula is C19H29N3O3. The fourth-order valence-electron chi connectivity index (χ4n) is 2.94. The number of nitrogens with one attached hydrogen (secondary N) is 3. The van der Waals surface area contributed by atoms with Crippen molar-refractivity contribution in [3.8, 4) is 5.75 Å². The van der Waals surface area contributed by atoms with E-state index in [2.05, 4.69) is 22.9 Å². The van der Waals surface area contributed by atoms with Gasteiger partial charge < -0.3 is 20.7 Å². The number of hydrogen-bond donors (Lipinski definition) is 3. The van der Waals surface area contributed by atoms with E-state index in [1.807, 2.05) is 19.1 Å². The maximum Gasteiger partial charge on any atom is 0.255 e. The van der Waals surface area contributed by atoms with Crippen LogP contribution in [0.1, 0.15) is 43.5 Å². The lowest BCUT2D eigenvalue weighted by Crippen LogP contribution is -2.50. The maximum absolute atomic E-state index is 12.2. The van der Waals surface area contributed by atoms with E-state index in [0.717, 1.165) is 19.5 Å². The Morgan fingerprint density at radius 2 is 2.12 bits per heavy atom. The van der Waals surface area contributed by atoms with Crippen molar-refractivity contribution in [1.82, 2.24) is 16.0 Å². The molecule has 1 saturated heterocycles. The van der Waals surface area contributed by atoms with Gasteiger partial charge in [-0.2, -0.15) is 0 Å². The Bertz CT molecular complexity index is 577. The number of rotatable bonds is 8. The molecule has 0 spiro atoms. The van der Waals surface area contributed by atoms with Crippen LogP contribution < -0.4 is 20.7 Å². The van der Waals surface area contributed by atoms with Crippen molar-refractivity contribution in [3.63, 3.8) is 0 Å². The van der Waals surface area contributed by atoms with Gasteiger partial charge >= 0.3 is 0 Å². The lowest BCUT2D eigenvalue weighted by molar-refractivity contribution is -0.122. The van der Waals surface area contributed by atoms with Crippen LogP contribution >= 0.6 is 0 Å². The third-order valence-corrected chi connectivity index (χ3v) is 4.47. The summed E-state index contributed by atoms with van der Waals surface area (Å²) in [6.07, 6.45) is 2.11. The zero-order valence-corrected chi connectivity index (χ0v) is 15.1. The molecule has 1 aliphatic rings. The van der Waals surface area contributed by atoms with E-state index in [0.29, 0.717) is 43.2 Å². The van der Waals surface area contributed by atoms with E-state index < -0.39 is 0 Å². The van der Waals surface area contributed by atoms with Crippen LogP contribution in [-0.4, -0.2) is 44.1 Å². The summed E-state index contributed by atoms with van der Waals surface area (Å²) in [6.45, 7) is 6.88. The largest absolute Gasteiger partial charge is 0.493 e. The standard InChI is InChI=1S/C19H29N3O3/c1-3-25-17-8-5-4-7-15(17)19(24)21-11-6-9-18(23)22-16-13-20-12-10-14(16)2/h4-5,7-8,14,16,20H,3,6,9-13H2,1-2H3,(H,21,24)(H,22,23). The number of para-hydroxylation sites is 1. The second-order valence-corrected chi connectivity index (χ2v) is 6.43. The van der Waals surface area contributed by atoms with Crippen LogP contribution in [0.2, 0.25) is 0 Å². The molecule has 0 bridgehead atoms. The van der Waals surface area contributed by atoms with Crippen molar-refractivity contribution < 1.29 is 14.3 Å². The molecule has 2 amide bonds. The van der Waals surface area contributed by atoms with E-state index in [9.17, 15) is 9.59 Å². The SMILES string of the molecule is CCOc1ccccc1C(=O)NCCCC(=O)NC1CNCCC1C. The third-order valence-electron chi connectivity index (χ3n) is 4.47. The maximum atomic E-state index is 12.2. The van der Waals surface area contributed by atoms with E-state index in [4.69, 9.17) is 4.74 Å². The van der Waals surface area contributed by atoms with Crippen LogP contribution in [0.3, 0.4) is 0 Å². The van der Waals surface area contributed by atoms with Crippen LogP contribution in [0.25, 0.3) is 0 Å². The minimum Gasteiger partial charge on any atom is -0.493 e. The molecule has 2 unspecified atom stereocenters. The van der Waals surface area contributed by atoms with E-state index >= 15 is 0 Å². The molecular weight excluding hydrogens is 318 g/mol. The highest BCUT2D eigenvalue weighted by Gasteiger charge is 2.22. The summed E-state index contributed by atoms with van der Waals surface area (Å²) in [5.41, 5.74) is 0.524. The van der Waals surface area contributed by atoms with Crippen LogP contribution in [-0.2, 0) is 4.79 Å². The molecule has 6 heteroatoms. The predicted molar refractivity (Wildman–Crippen MR) is 97.8 cm³/mol. The minimum atomic E-state index is -0.172. The molecule has 0 radical (unpaired) electrons. The van der Waals surface area contributed by atoms with Gasteiger partial charge in [0.15, 0.2) is 0 Å². The lowest BCUT2D eigenvalue weighted by atomic mass is 9.95. The average Bonchev–Trinajstić information content (AvgIpc) is 2.61. The molecule has 6 nitrogen and oxygen atoms in total. The molecule has 3 N–H and O–H groups in total. The summed E-state index contributed by atoms with van der Waals surface area (Å²) < 4.78 is 5.47. The van der Waals surface area contributed by atoms with Crippen molar-refractivity contribution in [2.75, 3.05) is 26.2 Å². The van der Waals surface area contributed by atoms with Gasteiger partial charge in [0.1, 0.15) is 5.75 Å². The zero-order chi connectivity index (χ0) is 18.1. The van der Waals surface area contributed by atoms with Crippen LogP contribution in [0.15, 0.2) is 24.3 Å². The molecule has 0 aliphatic carbocycles. The number of amides is 2. The van der Waals surface area contributed by atoms with Gasteiger partial charge in [-0.15, -0.1) is 0 Å². The molecule has 0 saturated carbocycles. The Morgan fingerprint density at radius 1 is 1.32 bits per heavy atom. The third kappa shape index (κ3) is 6.05. The Kier molecular flexibility index (Phi) is 7.73. The lowest BCUT2D eigenvalue weighted by Gasteiger charge is -2.30. The normalized spacial score (nSPS) is 19.9. The molecule has 25 heavy (non-hydrogen) atoms. The average molecular weight is 347 g/mol. The number of hydrogen-bond acceptors (Lipinski definition) is 4. The highest BCUT2D eigenvalue weighted by atomic mass is 16.5. The first-order valence-corrected chi connectivity index (χ1v) is 9.12. The van der Waals surface area contributed by atoms with Crippen molar-refractivity contribution in [1.29, 1.82) is 0 Å². The molecule has 2 rings (SSSR count). The molecule has 0 aromatic heterocycles. The fraction of sp³-hybridized carbons (Fsp3) is 0.579. The van der Waals surface area contributed by atoms with Crippen LogP contribution in [0.4, 0.5) is 0 Å². The monoisotopic (exact) mass is 347 g/mol. The Hall–Kier alpha value is -2.08. The second-order valence-electron chi connectivity index (χ2n) is 6.43. The first-order chi connectivity index (χ1) is 12.1. The van der Waals surface area contributed by atoms with Crippen LogP contribution in [0, 0.1) is 5.92 Å². The zero-order valence-electron chi connectivity index (χ0n) is 15.1. The van der Waals surface area contributed by atoms with Crippen molar-refractivity contribution in [2.45, 2.75) is 39.2 Å². The van der Waals surface area contributed by atoms with Gasteiger partial charge in [-0.1, -0.05) is 19.1 Å². The summed E-state index contributed by atoms with van der Waals surface area (Å²) in [7, 11) is 0. The molecule has 1 heterocycles. The molecule has 2 atom stereocenters. The van der Waals surface area contributed by atoms with Gasteiger partial charge in [0.25, 0.3) is 5.91 Å². The van der Waals surface area contributed by atoms with Crippen molar-refractivity contribution >= 4 is 11.8 Å². The number of piperidine rings is 1. The first kappa shape index (κ1) is 19.2. The van der Waals surface area contributed by atoms with Gasteiger partial charge in [0.05, 0.1) is 12.2 Å². The van der Waals surface area contributed by atoms with Gasteiger partial charge in [-0.25, -0.2) is 0 Å². The number of carbonyl (C=O) groups is 2. The van der Waals surface area contributed by atoms with Gasteiger partial charge in [0, 0.05) is 25.6 Å². The highest BCUT2D eigenvalue weighted by molar-refractivity contribution is 5.96. The van der Waals surface area contributed by atoms with Crippen molar-refractivity contribution in [3.05, 3.63) is 29.8 Å². The number of benzene rings is 1. The smallest absolute Gasteiger partial charge is 0.255 e. The van der Waals surface area contributed by atoms with Gasteiger partial charge in [0.2, 0.25) is 5.91 Å². The fourth-order valence-corrected chi connectivity index (χ4v) is 2.94. The minimum absolute atomic E-state index is 0.0458. The van der Waals surface area contributed by atoms with Gasteiger partial charge in [-0.3, -0.25) is 9.59 Å². The summed E-state index contributed by atoms with van der Waals surface area (Å²) in [4.78, 5) is 24.3. The topological polar surface area (TPSA) is 79.5 Å². The molecule has 1 aliphatic heterocycles. The summed E-state index contributed by atoms with van der Waals surface area (Å²) >= 11 is 0. The second kappa shape index (κ2) is 10.0. The molecule has 1 fully saturated rings. The Balaban J connectivity index is 1.70. The number of carbonyl (C=O) groups excluding carboxylic acids is 2. The van der Waals surface area contributed by atoms with Gasteiger partial charge in [-0.05, 0) is 44.4 Å². The summed E-state index contributed by atoms with van der Waals surface area (Å²) in [6, 6.07) is 7.38. The molecule has 1 aromatic carbocycles. The first-order valence-electron chi connectivity index (χ1n) is 9.12. The molecule has 1 aromatic rings. The molecule has 138 valence electrons. The quantitative estimate of drug-likeness (QED) is 0.626. The Labute approximate surface area is 149 Å². The van der Waals surface area contributed by atoms with Crippen molar-refractivity contribution in [2.24, 2.45) is 5.92 Å². The predicted octanol–water partition coefficient (Wildman–Crippen LogP) is 1.71. The Morgan fingerprint density at radius 3 is 2.88 bits per heavy atom. The summed E-state index contributed by atoms with van der Waals surface area (Å²) in [5, 5.41) is 9.24. The van der Waals surface area contributed by atoms with E-state index in [1.54, 1.807) is 12.1 Å². The van der Waals surface area contributed by atoms with E-state index in [-0.39, 0.29) is 17.9 Å².